The topological polar surface area (TPSA) is 102 Å². The van der Waals surface area contributed by atoms with E-state index in [0.717, 1.165) is 0 Å². The van der Waals surface area contributed by atoms with Gasteiger partial charge in [0.15, 0.2) is 5.75 Å². The Labute approximate surface area is 107 Å². The first-order chi connectivity index (χ1) is 8.50. The Morgan fingerprint density at radius 2 is 2.28 bits per heavy atom. The molecule has 1 rings (SSSR count). The number of amides is 1. The second kappa shape index (κ2) is 6.65. The fourth-order valence-corrected chi connectivity index (χ4v) is 1.37. The first-order valence-corrected chi connectivity index (χ1v) is 5.42. The minimum atomic E-state index is -1.12. The first-order valence-electron chi connectivity index (χ1n) is 5.04. The molecular formula is C10H11ClN2O5. The predicted molar refractivity (Wildman–Crippen MR) is 64.2 cm³/mol. The van der Waals surface area contributed by atoms with E-state index in [2.05, 4.69) is 5.32 Å². The van der Waals surface area contributed by atoms with Crippen molar-refractivity contribution in [1.82, 2.24) is 5.32 Å². The maximum atomic E-state index is 10.7. The van der Waals surface area contributed by atoms with Crippen LogP contribution in [0.25, 0.3) is 0 Å². The third-order valence-electron chi connectivity index (χ3n) is 1.97. The molecule has 0 aromatic heterocycles. The molecule has 2 N–H and O–H groups in total. The number of carboxylic acid groups (broad SMARTS) is 1. The lowest BCUT2D eigenvalue weighted by Crippen LogP contribution is -2.23. The van der Waals surface area contributed by atoms with Crippen LogP contribution in [0.2, 0.25) is 5.02 Å². The second-order valence-corrected chi connectivity index (χ2v) is 3.74. The number of halogens is 1. The average molecular weight is 275 g/mol. The van der Waals surface area contributed by atoms with Gasteiger partial charge in [0.1, 0.15) is 0 Å². The van der Waals surface area contributed by atoms with E-state index >= 15 is 0 Å². The Morgan fingerprint density at radius 1 is 1.56 bits per heavy atom. The molecule has 1 aromatic rings. The number of nitro groups is 1. The van der Waals surface area contributed by atoms with Crippen molar-refractivity contribution < 1.29 is 19.6 Å². The van der Waals surface area contributed by atoms with E-state index in [4.69, 9.17) is 21.4 Å². The highest BCUT2D eigenvalue weighted by atomic mass is 35.5. The Morgan fingerprint density at radius 3 is 2.89 bits per heavy atom. The van der Waals surface area contributed by atoms with Crippen LogP contribution in [0.4, 0.5) is 10.5 Å². The minimum Gasteiger partial charge on any atom is -0.487 e. The van der Waals surface area contributed by atoms with Gasteiger partial charge in [0, 0.05) is 17.6 Å². The molecule has 0 aliphatic rings. The van der Waals surface area contributed by atoms with E-state index in [-0.39, 0.29) is 29.6 Å². The molecule has 0 aliphatic heterocycles. The molecule has 0 aliphatic carbocycles. The number of ether oxygens (including phenoxy) is 1. The van der Waals surface area contributed by atoms with Crippen LogP contribution >= 0.6 is 11.6 Å². The highest BCUT2D eigenvalue weighted by molar-refractivity contribution is 6.30. The lowest BCUT2D eigenvalue weighted by Gasteiger charge is -2.06. The number of nitrogens with zero attached hydrogens (tertiary/aromatic N) is 1. The van der Waals surface area contributed by atoms with Gasteiger partial charge in [0.2, 0.25) is 0 Å². The summed E-state index contributed by atoms with van der Waals surface area (Å²) in [5.41, 5.74) is -0.214. The van der Waals surface area contributed by atoms with Crippen molar-refractivity contribution in [2.45, 2.75) is 6.42 Å². The molecule has 18 heavy (non-hydrogen) atoms. The van der Waals surface area contributed by atoms with Crippen molar-refractivity contribution in [1.29, 1.82) is 0 Å². The molecule has 0 saturated carbocycles. The number of benzene rings is 1. The maximum absolute atomic E-state index is 10.7. The van der Waals surface area contributed by atoms with E-state index < -0.39 is 11.0 Å². The number of hydrogen-bond acceptors (Lipinski definition) is 4. The predicted octanol–water partition coefficient (Wildman–Crippen LogP) is 2.28. The average Bonchev–Trinajstić information content (AvgIpc) is 2.29. The summed E-state index contributed by atoms with van der Waals surface area (Å²) in [7, 11) is 0. The SMILES string of the molecule is O=C(O)NCCCOc1ccc(Cl)cc1[N+](=O)[O-]. The van der Waals surface area contributed by atoms with Crippen LogP contribution in [0.15, 0.2) is 18.2 Å². The second-order valence-electron chi connectivity index (χ2n) is 3.30. The molecule has 0 bridgehead atoms. The van der Waals surface area contributed by atoms with Gasteiger partial charge in [-0.1, -0.05) is 11.6 Å². The maximum Gasteiger partial charge on any atom is 0.404 e. The summed E-state index contributed by atoms with van der Waals surface area (Å²) in [5, 5.41) is 21.5. The van der Waals surface area contributed by atoms with Crippen LogP contribution in [0.3, 0.4) is 0 Å². The molecule has 1 aromatic carbocycles. The zero-order chi connectivity index (χ0) is 13.5. The normalized spacial score (nSPS) is 9.83. The zero-order valence-electron chi connectivity index (χ0n) is 9.26. The number of hydrogen-bond donors (Lipinski definition) is 2. The van der Waals surface area contributed by atoms with Crippen molar-refractivity contribution in [2.24, 2.45) is 0 Å². The van der Waals surface area contributed by atoms with Crippen molar-refractivity contribution in [3.8, 4) is 5.75 Å². The Bertz CT molecular complexity index is 452. The van der Waals surface area contributed by atoms with E-state index in [0.29, 0.717) is 6.42 Å². The molecule has 8 heteroatoms. The van der Waals surface area contributed by atoms with E-state index in [1.54, 1.807) is 0 Å². The van der Waals surface area contributed by atoms with Crippen molar-refractivity contribution in [3.63, 3.8) is 0 Å². The van der Waals surface area contributed by atoms with E-state index in [1.165, 1.54) is 18.2 Å². The number of nitro benzene ring substituents is 1. The van der Waals surface area contributed by atoms with Gasteiger partial charge in [-0.15, -0.1) is 0 Å². The van der Waals surface area contributed by atoms with E-state index in [1.807, 2.05) is 0 Å². The van der Waals surface area contributed by atoms with Gasteiger partial charge in [-0.2, -0.15) is 0 Å². The van der Waals surface area contributed by atoms with Crippen LogP contribution < -0.4 is 10.1 Å². The summed E-state index contributed by atoms with van der Waals surface area (Å²) in [6.07, 6.45) is -0.709. The molecule has 0 radical (unpaired) electrons. The zero-order valence-corrected chi connectivity index (χ0v) is 10.0. The lowest BCUT2D eigenvalue weighted by molar-refractivity contribution is -0.385. The molecule has 0 spiro atoms. The van der Waals surface area contributed by atoms with E-state index in [9.17, 15) is 14.9 Å². The first kappa shape index (κ1) is 14.0. The highest BCUT2D eigenvalue weighted by Crippen LogP contribution is 2.29. The standard InChI is InChI=1S/C10H11ClN2O5/c11-7-2-3-9(8(6-7)13(16)17)18-5-1-4-12-10(14)15/h2-3,6,12H,1,4-5H2,(H,14,15). The molecule has 0 unspecified atom stereocenters. The smallest absolute Gasteiger partial charge is 0.404 e. The van der Waals surface area contributed by atoms with Gasteiger partial charge in [-0.3, -0.25) is 10.1 Å². The molecule has 0 fully saturated rings. The number of rotatable bonds is 6. The highest BCUT2D eigenvalue weighted by Gasteiger charge is 2.15. The van der Waals surface area contributed by atoms with Crippen molar-refractivity contribution >= 4 is 23.4 Å². The third-order valence-corrected chi connectivity index (χ3v) is 2.21. The molecule has 0 atom stereocenters. The molecular weight excluding hydrogens is 264 g/mol. The number of carbonyl (C=O) groups is 1. The minimum absolute atomic E-state index is 0.111. The Balaban J connectivity index is 2.51. The van der Waals surface area contributed by atoms with Gasteiger partial charge < -0.3 is 15.2 Å². The fourth-order valence-electron chi connectivity index (χ4n) is 1.20. The lowest BCUT2D eigenvalue weighted by atomic mass is 10.3. The summed E-state index contributed by atoms with van der Waals surface area (Å²) in [6.45, 7) is 0.388. The quantitative estimate of drug-likeness (QED) is 0.471. The van der Waals surface area contributed by atoms with Crippen LogP contribution in [0.1, 0.15) is 6.42 Å². The molecule has 1 amide bonds. The van der Waals surface area contributed by atoms with Gasteiger partial charge in [0.05, 0.1) is 11.5 Å². The van der Waals surface area contributed by atoms with Gasteiger partial charge in [-0.25, -0.2) is 4.79 Å². The van der Waals surface area contributed by atoms with Gasteiger partial charge in [0.25, 0.3) is 0 Å². The Hall–Kier alpha value is -2.02. The third kappa shape index (κ3) is 4.46. The summed E-state index contributed by atoms with van der Waals surface area (Å²) in [5.74, 6) is 0.111. The van der Waals surface area contributed by atoms with Gasteiger partial charge in [-0.05, 0) is 18.6 Å². The number of nitrogens with one attached hydrogen (secondary N) is 1. The molecule has 98 valence electrons. The molecule has 7 nitrogen and oxygen atoms in total. The van der Waals surface area contributed by atoms with Crippen LogP contribution in [0, 0.1) is 10.1 Å². The summed E-state index contributed by atoms with van der Waals surface area (Å²) in [6, 6.07) is 4.09. The summed E-state index contributed by atoms with van der Waals surface area (Å²) >= 11 is 5.64. The van der Waals surface area contributed by atoms with Crippen molar-refractivity contribution in [3.05, 3.63) is 33.3 Å². The summed E-state index contributed by atoms with van der Waals surface area (Å²) in [4.78, 5) is 20.3. The Kier molecular flexibility index (Phi) is 5.19. The van der Waals surface area contributed by atoms with Crippen molar-refractivity contribution in [2.75, 3.05) is 13.2 Å². The summed E-state index contributed by atoms with van der Waals surface area (Å²) < 4.78 is 5.20. The molecule has 0 heterocycles. The van der Waals surface area contributed by atoms with Crippen LogP contribution in [0.5, 0.6) is 5.75 Å². The monoisotopic (exact) mass is 274 g/mol. The van der Waals surface area contributed by atoms with Crippen LogP contribution in [-0.2, 0) is 0 Å². The van der Waals surface area contributed by atoms with Gasteiger partial charge >= 0.3 is 11.8 Å². The molecule has 0 saturated heterocycles. The van der Waals surface area contributed by atoms with Crippen LogP contribution in [-0.4, -0.2) is 29.3 Å². The fraction of sp³-hybridized carbons (Fsp3) is 0.300. The largest absolute Gasteiger partial charge is 0.487 e.